The molecule has 0 amide bonds. The molecule has 2 rings (SSSR count). The Balaban J connectivity index is 2.70. The third-order valence-electron chi connectivity index (χ3n) is 1.88. The van der Waals surface area contributed by atoms with E-state index < -0.39 is 0 Å². The molecule has 0 atom stereocenters. The van der Waals surface area contributed by atoms with E-state index in [1.165, 1.54) is 0 Å². The van der Waals surface area contributed by atoms with Gasteiger partial charge in [0.2, 0.25) is 0 Å². The molecule has 1 aromatic heterocycles. The van der Waals surface area contributed by atoms with Crippen LogP contribution in [0.1, 0.15) is 12.1 Å². The molecule has 0 radical (unpaired) electrons. The maximum Gasteiger partial charge on any atom is 0.349 e. The molecule has 0 aliphatic carbocycles. The van der Waals surface area contributed by atoms with Crippen molar-refractivity contribution in [3.05, 3.63) is 27.4 Å². The Kier molecular flexibility index (Phi) is 1.46. The molecule has 3 nitrogen and oxygen atoms in total. The van der Waals surface area contributed by atoms with E-state index in [-0.39, 0.29) is 5.69 Å². The molecule has 0 N–H and O–H groups in total. The number of aryl methyl sites for hydroxylation is 1. The second kappa shape index (κ2) is 2.34. The third kappa shape index (κ3) is 1.05. The van der Waals surface area contributed by atoms with E-state index in [2.05, 4.69) is 4.98 Å². The molecule has 0 unspecified atom stereocenters. The summed E-state index contributed by atoms with van der Waals surface area (Å²) >= 11 is 5.60. The maximum absolute atomic E-state index is 11.1. The van der Waals surface area contributed by atoms with Crippen molar-refractivity contribution >= 4 is 11.6 Å². The predicted octanol–water partition coefficient (Wildman–Crippen LogP) is 0.843. The average molecular weight is 171 g/mol. The zero-order chi connectivity index (χ0) is 7.84. The van der Waals surface area contributed by atoms with Crippen molar-refractivity contribution < 1.29 is 0 Å². The molecule has 1 aliphatic heterocycles. The summed E-state index contributed by atoms with van der Waals surface area (Å²) in [6, 6.07) is 1.76. The summed E-state index contributed by atoms with van der Waals surface area (Å²) in [7, 11) is 0. The van der Waals surface area contributed by atoms with Gasteiger partial charge >= 0.3 is 5.69 Å². The molecule has 0 aromatic carbocycles. The standard InChI is InChI=1S/C7H7ClN2O/c8-6-4-5-2-1-3-10(5)7(11)9-6/h4H,1-3H2. The molecular formula is C7H7ClN2O. The lowest BCUT2D eigenvalue weighted by molar-refractivity contribution is 0.698. The molecule has 0 spiro atoms. The van der Waals surface area contributed by atoms with E-state index >= 15 is 0 Å². The van der Waals surface area contributed by atoms with Crippen molar-refractivity contribution in [3.8, 4) is 0 Å². The number of aromatic nitrogens is 2. The minimum atomic E-state index is -0.218. The van der Waals surface area contributed by atoms with Crippen molar-refractivity contribution in [2.45, 2.75) is 19.4 Å². The lowest BCUT2D eigenvalue weighted by Crippen LogP contribution is -2.21. The average Bonchev–Trinajstić information content (AvgIpc) is 2.34. The number of halogens is 1. The lowest BCUT2D eigenvalue weighted by atomic mass is 10.3. The number of rotatable bonds is 0. The zero-order valence-electron chi connectivity index (χ0n) is 5.88. The van der Waals surface area contributed by atoms with E-state index in [1.807, 2.05) is 0 Å². The van der Waals surface area contributed by atoms with Gasteiger partial charge in [-0.1, -0.05) is 11.6 Å². The minimum Gasteiger partial charge on any atom is -0.296 e. The number of nitrogens with zero attached hydrogens (tertiary/aromatic N) is 2. The summed E-state index contributed by atoms with van der Waals surface area (Å²) in [5.41, 5.74) is 0.792. The van der Waals surface area contributed by atoms with Crippen LogP contribution >= 0.6 is 11.6 Å². The smallest absolute Gasteiger partial charge is 0.296 e. The topological polar surface area (TPSA) is 34.9 Å². The zero-order valence-corrected chi connectivity index (χ0v) is 6.64. The van der Waals surface area contributed by atoms with Gasteiger partial charge in [0.1, 0.15) is 5.15 Å². The first-order valence-corrected chi connectivity index (χ1v) is 3.91. The van der Waals surface area contributed by atoms with E-state index in [0.29, 0.717) is 5.15 Å². The molecule has 0 saturated heterocycles. The number of fused-ring (bicyclic) bond motifs is 1. The van der Waals surface area contributed by atoms with Crippen LogP contribution in [0.4, 0.5) is 0 Å². The minimum absolute atomic E-state index is 0.218. The maximum atomic E-state index is 11.1. The second-order valence-corrected chi connectivity index (χ2v) is 3.00. The predicted molar refractivity (Wildman–Crippen MR) is 41.8 cm³/mol. The summed E-state index contributed by atoms with van der Waals surface area (Å²) in [5.74, 6) is 0. The van der Waals surface area contributed by atoms with Gasteiger partial charge in [-0.2, -0.15) is 4.98 Å². The summed E-state index contributed by atoms with van der Waals surface area (Å²) in [4.78, 5) is 14.7. The Labute approximate surface area is 68.6 Å². The van der Waals surface area contributed by atoms with Gasteiger partial charge < -0.3 is 0 Å². The van der Waals surface area contributed by atoms with Crippen molar-refractivity contribution in [2.24, 2.45) is 0 Å². The van der Waals surface area contributed by atoms with E-state index in [0.717, 1.165) is 25.1 Å². The summed E-state index contributed by atoms with van der Waals surface area (Å²) in [6.07, 6.45) is 1.97. The molecule has 0 saturated carbocycles. The van der Waals surface area contributed by atoms with Crippen molar-refractivity contribution in [2.75, 3.05) is 0 Å². The largest absolute Gasteiger partial charge is 0.349 e. The Morgan fingerprint density at radius 2 is 2.45 bits per heavy atom. The van der Waals surface area contributed by atoms with E-state index in [4.69, 9.17) is 11.6 Å². The van der Waals surface area contributed by atoms with Gasteiger partial charge in [0.25, 0.3) is 0 Å². The van der Waals surface area contributed by atoms with Crippen LogP contribution in [-0.4, -0.2) is 9.55 Å². The lowest BCUT2D eigenvalue weighted by Gasteiger charge is -1.99. The number of hydrogen-bond acceptors (Lipinski definition) is 2. The molecule has 2 heterocycles. The molecule has 4 heteroatoms. The normalized spacial score (nSPS) is 15.0. The fourth-order valence-electron chi connectivity index (χ4n) is 1.39. The van der Waals surface area contributed by atoms with Crippen molar-refractivity contribution in [1.29, 1.82) is 0 Å². The highest BCUT2D eigenvalue weighted by atomic mass is 35.5. The molecule has 0 bridgehead atoms. The molecule has 11 heavy (non-hydrogen) atoms. The van der Waals surface area contributed by atoms with E-state index in [1.54, 1.807) is 10.6 Å². The van der Waals surface area contributed by atoms with Crippen LogP contribution in [0.2, 0.25) is 5.15 Å². The number of hydrogen-bond donors (Lipinski definition) is 0. The van der Waals surface area contributed by atoms with Gasteiger partial charge in [-0.3, -0.25) is 4.57 Å². The molecule has 58 valence electrons. The SMILES string of the molecule is O=c1nc(Cl)cc2n1CCC2. The Bertz CT molecular complexity index is 345. The molecular weight excluding hydrogens is 164 g/mol. The Morgan fingerprint density at radius 3 is 3.27 bits per heavy atom. The molecule has 1 aliphatic rings. The van der Waals surface area contributed by atoms with Crippen LogP contribution in [0, 0.1) is 0 Å². The van der Waals surface area contributed by atoms with Gasteiger partial charge in [-0.25, -0.2) is 4.79 Å². The van der Waals surface area contributed by atoms with Crippen LogP contribution in [0.5, 0.6) is 0 Å². The highest BCUT2D eigenvalue weighted by Gasteiger charge is 2.12. The van der Waals surface area contributed by atoms with Gasteiger partial charge in [0, 0.05) is 12.2 Å². The van der Waals surface area contributed by atoms with Gasteiger partial charge in [0.15, 0.2) is 0 Å². The quantitative estimate of drug-likeness (QED) is 0.541. The van der Waals surface area contributed by atoms with Crippen LogP contribution in [0.3, 0.4) is 0 Å². The van der Waals surface area contributed by atoms with Crippen LogP contribution in [-0.2, 0) is 13.0 Å². The Morgan fingerprint density at radius 1 is 1.64 bits per heavy atom. The first-order chi connectivity index (χ1) is 5.27. The monoisotopic (exact) mass is 170 g/mol. The fourth-order valence-corrected chi connectivity index (χ4v) is 1.59. The molecule has 1 aromatic rings. The van der Waals surface area contributed by atoms with Gasteiger partial charge in [0.05, 0.1) is 0 Å². The van der Waals surface area contributed by atoms with E-state index in [9.17, 15) is 4.79 Å². The van der Waals surface area contributed by atoms with Crippen LogP contribution in [0.25, 0.3) is 0 Å². The first-order valence-electron chi connectivity index (χ1n) is 3.53. The third-order valence-corrected chi connectivity index (χ3v) is 2.07. The van der Waals surface area contributed by atoms with Crippen LogP contribution in [0.15, 0.2) is 10.9 Å². The summed E-state index contributed by atoms with van der Waals surface area (Å²) < 4.78 is 1.67. The summed E-state index contributed by atoms with van der Waals surface area (Å²) in [5, 5.41) is 0.308. The Hall–Kier alpha value is -0.830. The highest BCUT2D eigenvalue weighted by molar-refractivity contribution is 6.29. The fraction of sp³-hybridized carbons (Fsp3) is 0.429. The van der Waals surface area contributed by atoms with Crippen molar-refractivity contribution in [3.63, 3.8) is 0 Å². The van der Waals surface area contributed by atoms with Crippen molar-refractivity contribution in [1.82, 2.24) is 9.55 Å². The van der Waals surface area contributed by atoms with Crippen LogP contribution < -0.4 is 5.69 Å². The first kappa shape index (κ1) is 6.85. The van der Waals surface area contributed by atoms with Gasteiger partial charge in [-0.05, 0) is 18.9 Å². The van der Waals surface area contributed by atoms with Gasteiger partial charge in [-0.15, -0.1) is 0 Å². The molecule has 0 fully saturated rings. The second-order valence-electron chi connectivity index (χ2n) is 2.61. The highest BCUT2D eigenvalue weighted by Crippen LogP contribution is 2.13. The summed E-state index contributed by atoms with van der Waals surface area (Å²) in [6.45, 7) is 0.790.